The molecule has 7 nitrogen and oxygen atoms in total. The SMILES string of the molecule is COC(=O)Cc1c(O)[nH]c(=O)[nH]c1=O. The van der Waals surface area contributed by atoms with Gasteiger partial charge >= 0.3 is 11.7 Å². The molecule has 1 rings (SSSR count). The van der Waals surface area contributed by atoms with E-state index in [1.807, 2.05) is 9.97 Å². The number of carbonyl (C=O) groups is 1. The van der Waals surface area contributed by atoms with Crippen molar-refractivity contribution in [2.75, 3.05) is 7.11 Å². The molecule has 0 radical (unpaired) electrons. The number of hydrogen-bond acceptors (Lipinski definition) is 5. The molecule has 14 heavy (non-hydrogen) atoms. The van der Waals surface area contributed by atoms with Gasteiger partial charge in [-0.05, 0) is 0 Å². The van der Waals surface area contributed by atoms with Gasteiger partial charge in [0.1, 0.15) is 0 Å². The van der Waals surface area contributed by atoms with Crippen molar-refractivity contribution in [3.63, 3.8) is 0 Å². The van der Waals surface area contributed by atoms with Gasteiger partial charge in [-0.2, -0.15) is 0 Å². The third kappa shape index (κ3) is 2.00. The third-order valence-electron chi connectivity index (χ3n) is 1.57. The second kappa shape index (κ2) is 3.77. The summed E-state index contributed by atoms with van der Waals surface area (Å²) in [5.74, 6) is -1.30. The van der Waals surface area contributed by atoms with Crippen molar-refractivity contribution in [1.29, 1.82) is 0 Å². The fourth-order valence-electron chi connectivity index (χ4n) is 0.881. The zero-order valence-corrected chi connectivity index (χ0v) is 7.29. The van der Waals surface area contributed by atoms with E-state index in [9.17, 15) is 14.4 Å². The first-order valence-corrected chi connectivity index (χ1v) is 3.66. The summed E-state index contributed by atoms with van der Waals surface area (Å²) in [5.41, 5.74) is -1.87. The minimum Gasteiger partial charge on any atom is -0.494 e. The normalized spacial score (nSPS) is 9.79. The van der Waals surface area contributed by atoms with E-state index in [-0.39, 0.29) is 5.56 Å². The number of rotatable bonds is 2. The maximum absolute atomic E-state index is 11.1. The lowest BCUT2D eigenvalue weighted by molar-refractivity contribution is -0.139. The quantitative estimate of drug-likeness (QED) is 0.502. The number of esters is 1. The van der Waals surface area contributed by atoms with Gasteiger partial charge in [-0.15, -0.1) is 0 Å². The molecule has 76 valence electrons. The number of nitrogens with one attached hydrogen (secondary N) is 2. The van der Waals surface area contributed by atoms with Gasteiger partial charge in [0.05, 0.1) is 19.1 Å². The standard InChI is InChI=1S/C7H8N2O5/c1-14-4(10)2-3-5(11)8-7(13)9-6(3)12/h2H2,1H3,(H3,8,9,11,12,13). The molecule has 0 unspecified atom stereocenters. The van der Waals surface area contributed by atoms with Gasteiger partial charge < -0.3 is 9.84 Å². The predicted molar refractivity (Wildman–Crippen MR) is 45.1 cm³/mol. The molecule has 1 heterocycles. The van der Waals surface area contributed by atoms with E-state index >= 15 is 0 Å². The number of methoxy groups -OCH3 is 1. The number of aromatic amines is 2. The lowest BCUT2D eigenvalue weighted by Crippen LogP contribution is -2.26. The minimum absolute atomic E-state index is 0.226. The van der Waals surface area contributed by atoms with Crippen LogP contribution in [0.5, 0.6) is 5.88 Å². The average Bonchev–Trinajstić information content (AvgIpc) is 2.10. The molecule has 0 bridgehead atoms. The number of carbonyl (C=O) groups excluding carboxylic acids is 1. The van der Waals surface area contributed by atoms with Crippen molar-refractivity contribution < 1.29 is 14.6 Å². The van der Waals surface area contributed by atoms with Crippen LogP contribution in [0.1, 0.15) is 5.56 Å². The van der Waals surface area contributed by atoms with E-state index in [0.717, 1.165) is 7.11 Å². The Hall–Kier alpha value is -2.05. The van der Waals surface area contributed by atoms with Gasteiger partial charge in [0, 0.05) is 0 Å². The van der Waals surface area contributed by atoms with Crippen molar-refractivity contribution in [3.05, 3.63) is 26.4 Å². The highest BCUT2D eigenvalue weighted by Crippen LogP contribution is 2.05. The fraction of sp³-hybridized carbons (Fsp3) is 0.286. The Morgan fingerprint density at radius 2 is 2.07 bits per heavy atom. The van der Waals surface area contributed by atoms with Crippen LogP contribution in [-0.4, -0.2) is 28.2 Å². The maximum Gasteiger partial charge on any atom is 0.328 e. The molecule has 1 aromatic rings. The van der Waals surface area contributed by atoms with Crippen molar-refractivity contribution in [1.82, 2.24) is 9.97 Å². The van der Waals surface area contributed by atoms with E-state index in [0.29, 0.717) is 0 Å². The summed E-state index contributed by atoms with van der Waals surface area (Å²) in [6.45, 7) is 0. The molecular weight excluding hydrogens is 192 g/mol. The summed E-state index contributed by atoms with van der Waals surface area (Å²) in [5, 5.41) is 9.13. The molecule has 0 atom stereocenters. The molecule has 1 aromatic heterocycles. The molecule has 0 saturated carbocycles. The molecule has 3 N–H and O–H groups in total. The Balaban J connectivity index is 3.16. The van der Waals surface area contributed by atoms with Crippen LogP contribution in [0.15, 0.2) is 9.59 Å². The van der Waals surface area contributed by atoms with Crippen molar-refractivity contribution >= 4 is 5.97 Å². The van der Waals surface area contributed by atoms with Crippen LogP contribution >= 0.6 is 0 Å². The van der Waals surface area contributed by atoms with Gasteiger partial charge in [0.15, 0.2) is 0 Å². The summed E-state index contributed by atoms with van der Waals surface area (Å²) in [7, 11) is 1.15. The lowest BCUT2D eigenvalue weighted by Gasteiger charge is -2.00. The second-order valence-electron chi connectivity index (χ2n) is 2.49. The summed E-state index contributed by atoms with van der Waals surface area (Å²) in [6, 6.07) is 0. The Labute approximate surface area is 77.4 Å². The largest absolute Gasteiger partial charge is 0.494 e. The highest BCUT2D eigenvalue weighted by Gasteiger charge is 2.12. The number of H-pyrrole nitrogens is 2. The molecular formula is C7H8N2O5. The molecule has 0 aliphatic heterocycles. The van der Waals surface area contributed by atoms with Crippen LogP contribution in [0.25, 0.3) is 0 Å². The molecule has 0 aliphatic carbocycles. The van der Waals surface area contributed by atoms with Crippen molar-refractivity contribution in [2.45, 2.75) is 6.42 Å². The monoisotopic (exact) mass is 200 g/mol. The molecule has 0 saturated heterocycles. The van der Waals surface area contributed by atoms with Crippen LogP contribution < -0.4 is 11.2 Å². The smallest absolute Gasteiger partial charge is 0.328 e. The summed E-state index contributed by atoms with van der Waals surface area (Å²) >= 11 is 0. The van der Waals surface area contributed by atoms with Crippen molar-refractivity contribution in [2.24, 2.45) is 0 Å². The lowest BCUT2D eigenvalue weighted by atomic mass is 10.2. The number of ether oxygens (including phenoxy) is 1. The van der Waals surface area contributed by atoms with Gasteiger partial charge in [-0.25, -0.2) is 4.79 Å². The van der Waals surface area contributed by atoms with E-state index in [2.05, 4.69) is 4.74 Å². The maximum atomic E-state index is 11.1. The zero-order chi connectivity index (χ0) is 10.7. The van der Waals surface area contributed by atoms with Gasteiger partial charge in [-0.3, -0.25) is 19.6 Å². The Kier molecular flexibility index (Phi) is 2.70. The topological polar surface area (TPSA) is 112 Å². The average molecular weight is 200 g/mol. The fourth-order valence-corrected chi connectivity index (χ4v) is 0.881. The van der Waals surface area contributed by atoms with Crippen LogP contribution in [0.3, 0.4) is 0 Å². The van der Waals surface area contributed by atoms with Crippen molar-refractivity contribution in [3.8, 4) is 5.88 Å². The Bertz CT molecular complexity index is 458. The van der Waals surface area contributed by atoms with Gasteiger partial charge in [0.25, 0.3) is 5.56 Å². The predicted octanol–water partition coefficient (Wildman–Crippen LogP) is -1.52. The molecule has 0 spiro atoms. The van der Waals surface area contributed by atoms with Crippen LogP contribution in [0, 0.1) is 0 Å². The summed E-state index contributed by atoms with van der Waals surface area (Å²) < 4.78 is 4.30. The second-order valence-corrected chi connectivity index (χ2v) is 2.49. The number of aromatic hydroxyl groups is 1. The number of aromatic nitrogens is 2. The van der Waals surface area contributed by atoms with Crippen LogP contribution in [-0.2, 0) is 16.0 Å². The summed E-state index contributed by atoms with van der Waals surface area (Å²) in [6.07, 6.45) is -0.394. The van der Waals surface area contributed by atoms with E-state index < -0.39 is 29.5 Å². The van der Waals surface area contributed by atoms with Crippen LogP contribution in [0.4, 0.5) is 0 Å². The molecule has 0 fully saturated rings. The third-order valence-corrected chi connectivity index (χ3v) is 1.57. The first kappa shape index (κ1) is 10.0. The molecule has 0 aliphatic rings. The van der Waals surface area contributed by atoms with E-state index in [4.69, 9.17) is 5.11 Å². The van der Waals surface area contributed by atoms with E-state index in [1.165, 1.54) is 0 Å². The Morgan fingerprint density at radius 3 is 2.57 bits per heavy atom. The molecule has 7 heteroatoms. The highest BCUT2D eigenvalue weighted by molar-refractivity contribution is 5.72. The zero-order valence-electron chi connectivity index (χ0n) is 7.29. The van der Waals surface area contributed by atoms with Gasteiger partial charge in [-0.1, -0.05) is 0 Å². The van der Waals surface area contributed by atoms with Gasteiger partial charge in [0.2, 0.25) is 5.88 Å². The van der Waals surface area contributed by atoms with Crippen LogP contribution in [0.2, 0.25) is 0 Å². The Morgan fingerprint density at radius 1 is 1.43 bits per heavy atom. The molecule has 0 aromatic carbocycles. The molecule has 0 amide bonds. The minimum atomic E-state index is -0.832. The number of hydrogen-bond donors (Lipinski definition) is 3. The first-order valence-electron chi connectivity index (χ1n) is 3.66. The van der Waals surface area contributed by atoms with E-state index in [1.54, 1.807) is 0 Å². The first-order chi connectivity index (χ1) is 6.54. The summed E-state index contributed by atoms with van der Waals surface area (Å²) in [4.78, 5) is 36.3. The highest BCUT2D eigenvalue weighted by atomic mass is 16.5.